The van der Waals surface area contributed by atoms with Gasteiger partial charge in [0.25, 0.3) is 5.91 Å². The predicted octanol–water partition coefficient (Wildman–Crippen LogP) is 6.14. The Labute approximate surface area is 219 Å². The fraction of sp³-hybridized carbons (Fsp3) is 0.0645. The smallest absolute Gasteiger partial charge is 0.343 e. The summed E-state index contributed by atoms with van der Waals surface area (Å²) in [5, 5.41) is 5.12. The lowest BCUT2D eigenvalue weighted by atomic mass is 10.0. The Hall–Kier alpha value is -5.17. The van der Waals surface area contributed by atoms with Gasteiger partial charge in [-0.25, -0.2) is 10.2 Å². The SMILES string of the molecule is COc1cc(C=NNC(=O)c2[nH]c3c(C)cccc3c2-c2ccccc2)ccc1OC(=O)c1ccccc1. The fourth-order valence-electron chi connectivity index (χ4n) is 4.24. The maximum atomic E-state index is 13.2. The molecule has 0 fully saturated rings. The number of aromatic nitrogens is 1. The summed E-state index contributed by atoms with van der Waals surface area (Å²) in [7, 11) is 1.49. The molecular formula is C31H25N3O4. The van der Waals surface area contributed by atoms with E-state index in [1.807, 2.05) is 61.5 Å². The number of nitrogens with zero attached hydrogens (tertiary/aromatic N) is 1. The lowest BCUT2D eigenvalue weighted by molar-refractivity contribution is 0.0729. The van der Waals surface area contributed by atoms with E-state index in [-0.39, 0.29) is 11.7 Å². The first-order valence-electron chi connectivity index (χ1n) is 12.0. The highest BCUT2D eigenvalue weighted by atomic mass is 16.6. The van der Waals surface area contributed by atoms with Gasteiger partial charge in [-0.05, 0) is 53.9 Å². The van der Waals surface area contributed by atoms with E-state index >= 15 is 0 Å². The van der Waals surface area contributed by atoms with E-state index in [1.165, 1.54) is 13.3 Å². The van der Waals surface area contributed by atoms with Gasteiger partial charge >= 0.3 is 5.97 Å². The number of H-pyrrole nitrogens is 1. The summed E-state index contributed by atoms with van der Waals surface area (Å²) in [6, 6.07) is 29.5. The van der Waals surface area contributed by atoms with Gasteiger partial charge in [-0.15, -0.1) is 0 Å². The van der Waals surface area contributed by atoms with E-state index in [2.05, 4.69) is 15.5 Å². The Morgan fingerprint density at radius 1 is 0.868 bits per heavy atom. The molecule has 38 heavy (non-hydrogen) atoms. The van der Waals surface area contributed by atoms with Crippen LogP contribution in [0.4, 0.5) is 0 Å². The number of para-hydroxylation sites is 1. The van der Waals surface area contributed by atoms with Crippen molar-refractivity contribution in [3.63, 3.8) is 0 Å². The van der Waals surface area contributed by atoms with Crippen molar-refractivity contribution in [2.75, 3.05) is 7.11 Å². The highest BCUT2D eigenvalue weighted by molar-refractivity contribution is 6.10. The van der Waals surface area contributed by atoms with Crippen LogP contribution in [0.3, 0.4) is 0 Å². The molecule has 7 heteroatoms. The number of amides is 1. The molecule has 0 spiro atoms. The molecule has 0 aliphatic carbocycles. The zero-order valence-corrected chi connectivity index (χ0v) is 20.9. The molecular weight excluding hydrogens is 478 g/mol. The van der Waals surface area contributed by atoms with Gasteiger partial charge in [0.15, 0.2) is 11.5 Å². The molecule has 0 radical (unpaired) electrons. The number of methoxy groups -OCH3 is 1. The number of esters is 1. The van der Waals surface area contributed by atoms with Crippen LogP contribution in [0.1, 0.15) is 32.0 Å². The van der Waals surface area contributed by atoms with Gasteiger partial charge in [0.2, 0.25) is 0 Å². The number of rotatable bonds is 7. The number of hydrazone groups is 1. The summed E-state index contributed by atoms with van der Waals surface area (Å²) in [5.41, 5.74) is 7.84. The Morgan fingerprint density at radius 2 is 1.61 bits per heavy atom. The number of carbonyl (C=O) groups is 2. The molecule has 1 aromatic heterocycles. The zero-order valence-electron chi connectivity index (χ0n) is 20.9. The van der Waals surface area contributed by atoms with E-state index < -0.39 is 5.97 Å². The average molecular weight is 504 g/mol. The first-order valence-corrected chi connectivity index (χ1v) is 12.0. The van der Waals surface area contributed by atoms with Crippen molar-refractivity contribution >= 4 is 29.0 Å². The minimum Gasteiger partial charge on any atom is -0.493 e. The van der Waals surface area contributed by atoms with Crippen molar-refractivity contribution < 1.29 is 19.1 Å². The van der Waals surface area contributed by atoms with Gasteiger partial charge in [-0.3, -0.25) is 4.79 Å². The average Bonchev–Trinajstić information content (AvgIpc) is 3.36. The van der Waals surface area contributed by atoms with Crippen molar-refractivity contribution in [2.24, 2.45) is 5.10 Å². The second-order valence-electron chi connectivity index (χ2n) is 8.60. The third-order valence-electron chi connectivity index (χ3n) is 6.11. The van der Waals surface area contributed by atoms with Gasteiger partial charge in [0.1, 0.15) is 5.69 Å². The molecule has 7 nitrogen and oxygen atoms in total. The molecule has 0 saturated heterocycles. The number of fused-ring (bicyclic) bond motifs is 1. The molecule has 0 aliphatic heterocycles. The molecule has 1 amide bonds. The molecule has 0 unspecified atom stereocenters. The third-order valence-corrected chi connectivity index (χ3v) is 6.11. The quantitative estimate of drug-likeness (QED) is 0.121. The van der Waals surface area contributed by atoms with Crippen LogP contribution < -0.4 is 14.9 Å². The van der Waals surface area contributed by atoms with Crippen molar-refractivity contribution in [1.29, 1.82) is 0 Å². The van der Waals surface area contributed by atoms with Gasteiger partial charge in [0, 0.05) is 16.5 Å². The monoisotopic (exact) mass is 503 g/mol. The Bertz CT molecular complexity index is 1640. The number of aryl methyl sites for hydroxylation is 1. The van der Waals surface area contributed by atoms with Crippen LogP contribution in [0.25, 0.3) is 22.0 Å². The number of nitrogens with one attached hydrogen (secondary N) is 2. The predicted molar refractivity (Wildman–Crippen MR) is 148 cm³/mol. The minimum atomic E-state index is -0.486. The highest BCUT2D eigenvalue weighted by Crippen LogP contribution is 2.34. The normalized spacial score (nSPS) is 11.0. The van der Waals surface area contributed by atoms with E-state index in [4.69, 9.17) is 9.47 Å². The molecule has 1 heterocycles. The Morgan fingerprint density at radius 3 is 2.34 bits per heavy atom. The summed E-state index contributed by atoms with van der Waals surface area (Å²) < 4.78 is 10.9. The number of aromatic amines is 1. The van der Waals surface area contributed by atoms with Crippen LogP contribution in [-0.2, 0) is 0 Å². The van der Waals surface area contributed by atoms with Gasteiger partial charge in [-0.1, -0.05) is 66.7 Å². The highest BCUT2D eigenvalue weighted by Gasteiger charge is 2.20. The van der Waals surface area contributed by atoms with Gasteiger partial charge < -0.3 is 14.5 Å². The maximum Gasteiger partial charge on any atom is 0.343 e. The summed E-state index contributed by atoms with van der Waals surface area (Å²) in [6.45, 7) is 2.00. The summed E-state index contributed by atoms with van der Waals surface area (Å²) in [6.07, 6.45) is 1.50. The van der Waals surface area contributed by atoms with Crippen LogP contribution in [0.5, 0.6) is 11.5 Å². The first kappa shape index (κ1) is 24.5. The van der Waals surface area contributed by atoms with Crippen LogP contribution >= 0.6 is 0 Å². The fourth-order valence-corrected chi connectivity index (χ4v) is 4.24. The van der Waals surface area contributed by atoms with Crippen LogP contribution in [-0.4, -0.2) is 30.2 Å². The van der Waals surface area contributed by atoms with Crippen LogP contribution in [0.2, 0.25) is 0 Å². The molecule has 0 atom stereocenters. The van der Waals surface area contributed by atoms with Crippen molar-refractivity contribution in [1.82, 2.24) is 10.4 Å². The van der Waals surface area contributed by atoms with E-state index in [0.717, 1.165) is 27.6 Å². The lowest BCUT2D eigenvalue weighted by Crippen LogP contribution is -2.18. The maximum absolute atomic E-state index is 13.2. The second kappa shape index (κ2) is 10.8. The van der Waals surface area contributed by atoms with Crippen molar-refractivity contribution in [2.45, 2.75) is 6.92 Å². The number of carbonyl (C=O) groups excluding carboxylic acids is 2. The topological polar surface area (TPSA) is 92.8 Å². The van der Waals surface area contributed by atoms with E-state index in [1.54, 1.807) is 42.5 Å². The Balaban J connectivity index is 1.36. The molecule has 2 N–H and O–H groups in total. The standard InChI is InChI=1S/C31H25N3O4/c1-20-10-9-15-24-27(22-11-5-3-6-12-22)29(33-28(20)24)30(35)34-32-19-21-16-17-25(26(18-21)37-2)38-31(36)23-13-7-4-8-14-23/h3-19,33H,1-2H3,(H,34,35). The molecule has 4 aromatic carbocycles. The number of benzene rings is 4. The molecule has 0 aliphatic rings. The molecule has 5 aromatic rings. The van der Waals surface area contributed by atoms with E-state index in [0.29, 0.717) is 22.6 Å². The molecule has 5 rings (SSSR count). The number of hydrogen-bond donors (Lipinski definition) is 2. The van der Waals surface area contributed by atoms with Crippen molar-refractivity contribution in [3.05, 3.63) is 119 Å². The zero-order chi connectivity index (χ0) is 26.5. The number of ether oxygens (including phenoxy) is 2. The van der Waals surface area contributed by atoms with Gasteiger partial charge in [-0.2, -0.15) is 5.10 Å². The van der Waals surface area contributed by atoms with Gasteiger partial charge in [0.05, 0.1) is 18.9 Å². The first-order chi connectivity index (χ1) is 18.5. The Kier molecular flexibility index (Phi) is 6.99. The lowest BCUT2D eigenvalue weighted by Gasteiger charge is -2.10. The summed E-state index contributed by atoms with van der Waals surface area (Å²) in [5.74, 6) is -0.207. The number of hydrogen-bond acceptors (Lipinski definition) is 5. The summed E-state index contributed by atoms with van der Waals surface area (Å²) >= 11 is 0. The third kappa shape index (κ3) is 5.03. The molecule has 0 bridgehead atoms. The molecule has 188 valence electrons. The van der Waals surface area contributed by atoms with Crippen LogP contribution in [0.15, 0.2) is 102 Å². The summed E-state index contributed by atoms with van der Waals surface area (Å²) in [4.78, 5) is 28.9. The van der Waals surface area contributed by atoms with Crippen molar-refractivity contribution in [3.8, 4) is 22.6 Å². The molecule has 0 saturated carbocycles. The van der Waals surface area contributed by atoms with E-state index in [9.17, 15) is 9.59 Å². The largest absolute Gasteiger partial charge is 0.493 e. The minimum absolute atomic E-state index is 0.281. The second-order valence-corrected chi connectivity index (χ2v) is 8.60. The van der Waals surface area contributed by atoms with Crippen LogP contribution in [0, 0.1) is 6.92 Å².